The molecule has 1 saturated heterocycles. The molecular formula is C24H28N2O4S. The lowest BCUT2D eigenvalue weighted by molar-refractivity contribution is -0.149. The molecule has 6 nitrogen and oxygen atoms in total. The van der Waals surface area contributed by atoms with Crippen LogP contribution >= 0.6 is 11.8 Å². The number of likely N-dealkylation sites (tertiary alicyclic amines) is 1. The van der Waals surface area contributed by atoms with Crippen LogP contribution in [0.2, 0.25) is 0 Å². The van der Waals surface area contributed by atoms with E-state index in [-0.39, 0.29) is 23.7 Å². The van der Waals surface area contributed by atoms with Crippen molar-refractivity contribution in [3.63, 3.8) is 0 Å². The summed E-state index contributed by atoms with van der Waals surface area (Å²) in [5.74, 6) is -0.612. The Morgan fingerprint density at radius 3 is 2.39 bits per heavy atom. The summed E-state index contributed by atoms with van der Waals surface area (Å²) in [7, 11) is 0. The van der Waals surface area contributed by atoms with Crippen molar-refractivity contribution in [2.75, 3.05) is 25.0 Å². The van der Waals surface area contributed by atoms with Gasteiger partial charge in [-0.05, 0) is 57.0 Å². The predicted molar refractivity (Wildman–Crippen MR) is 121 cm³/mol. The van der Waals surface area contributed by atoms with E-state index in [4.69, 9.17) is 4.74 Å². The van der Waals surface area contributed by atoms with Crippen molar-refractivity contribution >= 4 is 35.2 Å². The molecule has 1 heterocycles. The first-order valence-corrected chi connectivity index (χ1v) is 11.3. The quantitative estimate of drug-likeness (QED) is 0.669. The smallest absolute Gasteiger partial charge is 0.309 e. The zero-order valence-corrected chi connectivity index (χ0v) is 19.0. The van der Waals surface area contributed by atoms with Crippen LogP contribution in [0.3, 0.4) is 0 Å². The highest BCUT2D eigenvalue weighted by Crippen LogP contribution is 2.35. The second-order valence-electron chi connectivity index (χ2n) is 7.63. The van der Waals surface area contributed by atoms with Gasteiger partial charge in [0.1, 0.15) is 0 Å². The third kappa shape index (κ3) is 6.10. The van der Waals surface area contributed by atoms with Gasteiger partial charge in [-0.2, -0.15) is 0 Å². The number of hydrogen-bond acceptors (Lipinski definition) is 5. The summed E-state index contributed by atoms with van der Waals surface area (Å²) in [6.45, 7) is 6.68. The van der Waals surface area contributed by atoms with Crippen LogP contribution in [0.4, 0.5) is 5.69 Å². The van der Waals surface area contributed by atoms with Gasteiger partial charge in [0, 0.05) is 35.4 Å². The molecule has 1 N–H and O–H groups in total. The van der Waals surface area contributed by atoms with Gasteiger partial charge in [0.2, 0.25) is 5.91 Å². The SMILES string of the molecule is CCOC(=O)C1CCN(C(=O)c2ccc(Sc3ccc(C)cc3)c(NC(C)=O)c2)CC1. The van der Waals surface area contributed by atoms with Crippen LogP contribution in [-0.4, -0.2) is 42.4 Å². The molecule has 0 unspecified atom stereocenters. The average molecular weight is 441 g/mol. The number of nitrogens with one attached hydrogen (secondary N) is 1. The predicted octanol–water partition coefficient (Wildman–Crippen LogP) is 4.52. The van der Waals surface area contributed by atoms with E-state index in [2.05, 4.69) is 5.32 Å². The van der Waals surface area contributed by atoms with E-state index in [1.807, 2.05) is 37.3 Å². The third-order valence-corrected chi connectivity index (χ3v) is 6.27. The van der Waals surface area contributed by atoms with E-state index in [1.165, 1.54) is 24.2 Å². The molecular weight excluding hydrogens is 412 g/mol. The first kappa shape index (κ1) is 22.9. The first-order valence-electron chi connectivity index (χ1n) is 10.5. The number of amides is 2. The van der Waals surface area contributed by atoms with Crippen LogP contribution in [0.25, 0.3) is 0 Å². The molecule has 0 saturated carbocycles. The average Bonchev–Trinajstić information content (AvgIpc) is 2.76. The Balaban J connectivity index is 1.74. The fourth-order valence-electron chi connectivity index (χ4n) is 3.53. The molecule has 2 aromatic carbocycles. The lowest BCUT2D eigenvalue weighted by Gasteiger charge is -2.31. The van der Waals surface area contributed by atoms with Crippen molar-refractivity contribution in [2.45, 2.75) is 43.4 Å². The number of piperidine rings is 1. The van der Waals surface area contributed by atoms with E-state index >= 15 is 0 Å². The minimum Gasteiger partial charge on any atom is -0.466 e. The molecule has 164 valence electrons. The largest absolute Gasteiger partial charge is 0.466 e. The maximum atomic E-state index is 13.0. The van der Waals surface area contributed by atoms with Gasteiger partial charge >= 0.3 is 5.97 Å². The minimum atomic E-state index is -0.189. The molecule has 0 aliphatic carbocycles. The van der Waals surface area contributed by atoms with E-state index in [0.717, 1.165) is 9.79 Å². The summed E-state index contributed by atoms with van der Waals surface area (Å²) in [5.41, 5.74) is 2.32. The monoisotopic (exact) mass is 440 g/mol. The third-order valence-electron chi connectivity index (χ3n) is 5.19. The van der Waals surface area contributed by atoms with E-state index < -0.39 is 0 Å². The van der Waals surface area contributed by atoms with Crippen LogP contribution in [0.5, 0.6) is 0 Å². The Morgan fingerprint density at radius 1 is 1.10 bits per heavy atom. The Hall–Kier alpha value is -2.80. The van der Waals surface area contributed by atoms with Gasteiger partial charge in [-0.25, -0.2) is 0 Å². The summed E-state index contributed by atoms with van der Waals surface area (Å²) in [6, 6.07) is 13.5. The number of esters is 1. The standard InChI is InChI=1S/C24H28N2O4S/c1-4-30-24(29)18-11-13-26(14-12-18)23(28)19-7-10-22(21(15-19)25-17(3)27)31-20-8-5-16(2)6-9-20/h5-10,15,18H,4,11-14H2,1-3H3,(H,25,27). The van der Waals surface area contributed by atoms with Gasteiger partial charge in [0.25, 0.3) is 5.91 Å². The Kier molecular flexibility index (Phi) is 7.74. The zero-order chi connectivity index (χ0) is 22.4. The fourth-order valence-corrected chi connectivity index (χ4v) is 4.42. The molecule has 3 rings (SSSR count). The molecule has 0 radical (unpaired) electrons. The van der Waals surface area contributed by atoms with Crippen molar-refractivity contribution < 1.29 is 19.1 Å². The molecule has 0 aromatic heterocycles. The molecule has 1 fully saturated rings. The number of nitrogens with zero attached hydrogens (tertiary/aromatic N) is 1. The Morgan fingerprint density at radius 2 is 1.77 bits per heavy atom. The van der Waals surface area contributed by atoms with Crippen molar-refractivity contribution in [1.82, 2.24) is 4.90 Å². The maximum Gasteiger partial charge on any atom is 0.309 e. The Bertz CT molecular complexity index is 951. The van der Waals surface area contributed by atoms with Crippen molar-refractivity contribution in [3.8, 4) is 0 Å². The Labute approximate surface area is 187 Å². The van der Waals surface area contributed by atoms with Gasteiger partial charge in [-0.3, -0.25) is 14.4 Å². The summed E-state index contributed by atoms with van der Waals surface area (Å²) in [6.07, 6.45) is 1.20. The first-order chi connectivity index (χ1) is 14.9. The van der Waals surface area contributed by atoms with Crippen molar-refractivity contribution in [3.05, 3.63) is 53.6 Å². The van der Waals surface area contributed by atoms with Gasteiger partial charge < -0.3 is 15.0 Å². The number of ether oxygens (including phenoxy) is 1. The minimum absolute atomic E-state index is 0.0965. The summed E-state index contributed by atoms with van der Waals surface area (Å²) < 4.78 is 5.10. The van der Waals surface area contributed by atoms with E-state index in [9.17, 15) is 14.4 Å². The zero-order valence-electron chi connectivity index (χ0n) is 18.1. The van der Waals surface area contributed by atoms with E-state index in [1.54, 1.807) is 24.0 Å². The summed E-state index contributed by atoms with van der Waals surface area (Å²) in [4.78, 5) is 40.4. The van der Waals surface area contributed by atoms with Gasteiger partial charge in [0.05, 0.1) is 18.2 Å². The van der Waals surface area contributed by atoms with Crippen LogP contribution < -0.4 is 5.32 Å². The van der Waals surface area contributed by atoms with Crippen LogP contribution in [-0.2, 0) is 14.3 Å². The fraction of sp³-hybridized carbons (Fsp3) is 0.375. The molecule has 1 aliphatic heterocycles. The molecule has 0 atom stereocenters. The van der Waals surface area contributed by atoms with Crippen molar-refractivity contribution in [1.29, 1.82) is 0 Å². The molecule has 31 heavy (non-hydrogen) atoms. The van der Waals surface area contributed by atoms with Crippen LogP contribution in [0.15, 0.2) is 52.3 Å². The second kappa shape index (κ2) is 10.5. The number of anilines is 1. The summed E-state index contributed by atoms with van der Waals surface area (Å²) in [5, 5.41) is 2.85. The lowest BCUT2D eigenvalue weighted by atomic mass is 9.96. The highest BCUT2D eigenvalue weighted by atomic mass is 32.2. The van der Waals surface area contributed by atoms with Crippen LogP contribution in [0.1, 0.15) is 42.6 Å². The number of rotatable bonds is 6. The van der Waals surface area contributed by atoms with Gasteiger partial charge in [0.15, 0.2) is 0 Å². The molecule has 0 bridgehead atoms. The number of carbonyl (C=O) groups is 3. The number of carbonyl (C=O) groups excluding carboxylic acids is 3. The second-order valence-corrected chi connectivity index (χ2v) is 8.74. The topological polar surface area (TPSA) is 75.7 Å². The molecule has 2 amide bonds. The van der Waals surface area contributed by atoms with Crippen molar-refractivity contribution in [2.24, 2.45) is 5.92 Å². The lowest BCUT2D eigenvalue weighted by Crippen LogP contribution is -2.40. The van der Waals surface area contributed by atoms with E-state index in [0.29, 0.717) is 43.8 Å². The maximum absolute atomic E-state index is 13.0. The molecule has 0 spiro atoms. The molecule has 1 aliphatic rings. The van der Waals surface area contributed by atoms with Gasteiger partial charge in [-0.15, -0.1) is 0 Å². The normalized spacial score (nSPS) is 14.2. The number of hydrogen-bond donors (Lipinski definition) is 1. The highest BCUT2D eigenvalue weighted by molar-refractivity contribution is 7.99. The van der Waals surface area contributed by atoms with Gasteiger partial charge in [-0.1, -0.05) is 29.5 Å². The summed E-state index contributed by atoms with van der Waals surface area (Å²) >= 11 is 1.54. The molecule has 7 heteroatoms. The number of benzene rings is 2. The number of aryl methyl sites for hydroxylation is 1. The highest BCUT2D eigenvalue weighted by Gasteiger charge is 2.29. The molecule has 2 aromatic rings. The van der Waals surface area contributed by atoms with Crippen LogP contribution in [0, 0.1) is 12.8 Å².